The predicted molar refractivity (Wildman–Crippen MR) is 97.5 cm³/mol. The highest BCUT2D eigenvalue weighted by Crippen LogP contribution is 2.39. The van der Waals surface area contributed by atoms with Crippen LogP contribution in [0, 0.1) is 0 Å². The minimum atomic E-state index is 0. The summed E-state index contributed by atoms with van der Waals surface area (Å²) in [7, 11) is 0. The van der Waals surface area contributed by atoms with Crippen molar-refractivity contribution in [1.29, 1.82) is 0 Å². The van der Waals surface area contributed by atoms with Gasteiger partial charge < -0.3 is 21.7 Å². The van der Waals surface area contributed by atoms with Gasteiger partial charge >= 0.3 is 0 Å². The maximum atomic E-state index is 12.4. The quantitative estimate of drug-likeness (QED) is 0.440. The molecule has 1 aromatic heterocycles. The lowest BCUT2D eigenvalue weighted by Crippen LogP contribution is -3.00. The molecular formula is C22H21BrN2O2. The molecular weight excluding hydrogens is 404 g/mol. The molecule has 4 nitrogen and oxygen atoms in total. The van der Waals surface area contributed by atoms with Crippen molar-refractivity contribution in [2.24, 2.45) is 0 Å². The maximum Gasteiger partial charge on any atom is 0.244 e. The largest absolute Gasteiger partial charge is 1.00 e. The smallest absolute Gasteiger partial charge is 0.244 e. The van der Waals surface area contributed by atoms with Gasteiger partial charge in [-0.15, -0.1) is 0 Å². The van der Waals surface area contributed by atoms with Gasteiger partial charge in [0.1, 0.15) is 24.2 Å². The van der Waals surface area contributed by atoms with Crippen molar-refractivity contribution in [2.45, 2.75) is 31.8 Å². The van der Waals surface area contributed by atoms with Crippen LogP contribution >= 0.6 is 0 Å². The zero-order valence-electron chi connectivity index (χ0n) is 15.0. The zero-order chi connectivity index (χ0) is 17.5. The molecule has 0 amide bonds. The van der Waals surface area contributed by atoms with Crippen LogP contribution < -0.4 is 26.3 Å². The molecule has 27 heavy (non-hydrogen) atoms. The lowest BCUT2D eigenvalue weighted by Gasteiger charge is -2.09. The molecule has 1 aliphatic carbocycles. The van der Waals surface area contributed by atoms with Crippen LogP contribution in [0.5, 0.6) is 5.75 Å². The fourth-order valence-electron chi connectivity index (χ4n) is 4.15. The molecule has 138 valence electrons. The van der Waals surface area contributed by atoms with Crippen LogP contribution in [-0.4, -0.2) is 17.0 Å². The Morgan fingerprint density at radius 3 is 2.85 bits per heavy atom. The first kappa shape index (κ1) is 18.0. The fourth-order valence-corrected chi connectivity index (χ4v) is 4.15. The average Bonchev–Trinajstić information content (AvgIpc) is 3.39. The van der Waals surface area contributed by atoms with E-state index in [4.69, 9.17) is 4.74 Å². The summed E-state index contributed by atoms with van der Waals surface area (Å²) in [6, 6.07) is 14.4. The Morgan fingerprint density at radius 2 is 2.00 bits per heavy atom. The molecule has 2 aliphatic rings. The number of rotatable bonds is 4. The van der Waals surface area contributed by atoms with E-state index in [2.05, 4.69) is 29.2 Å². The number of carbonyl (C=O) groups is 1. The molecule has 0 spiro atoms. The highest BCUT2D eigenvalue weighted by molar-refractivity contribution is 5.94. The molecule has 2 heterocycles. The van der Waals surface area contributed by atoms with Gasteiger partial charge in [-0.1, -0.05) is 36.4 Å². The number of ketones is 1. The van der Waals surface area contributed by atoms with Crippen LogP contribution in [0.4, 0.5) is 0 Å². The van der Waals surface area contributed by atoms with Crippen molar-refractivity contribution in [3.8, 4) is 5.75 Å². The van der Waals surface area contributed by atoms with Gasteiger partial charge in [0, 0.05) is 17.5 Å². The third kappa shape index (κ3) is 3.32. The number of imidazole rings is 1. The van der Waals surface area contributed by atoms with Crippen molar-refractivity contribution in [2.75, 3.05) is 6.61 Å². The van der Waals surface area contributed by atoms with Gasteiger partial charge in [0.05, 0.1) is 6.61 Å². The summed E-state index contributed by atoms with van der Waals surface area (Å²) in [5.74, 6) is 1.18. The number of aromatic nitrogens is 2. The van der Waals surface area contributed by atoms with E-state index in [0.717, 1.165) is 37.2 Å². The molecule has 1 atom stereocenters. The minimum absolute atomic E-state index is 0. The molecule has 0 saturated heterocycles. The van der Waals surface area contributed by atoms with Crippen LogP contribution in [0.1, 0.15) is 39.5 Å². The van der Waals surface area contributed by atoms with E-state index in [9.17, 15) is 4.79 Å². The predicted octanol–water partition coefficient (Wildman–Crippen LogP) is 0.133. The molecule has 5 rings (SSSR count). The van der Waals surface area contributed by atoms with Crippen molar-refractivity contribution in [3.05, 3.63) is 83.4 Å². The Labute approximate surface area is 169 Å². The standard InChI is InChI=1S/C22H21N2O2.BrH/c25-21(16-4-2-1-3-5-16)14-23-9-10-24(15-23)20-7-6-17-12-18-8-11-26-22(18)13-19(17)20;/h1-5,9-10,12-13,15,20H,6-8,11,14H2;1H/q+1;/p-1. The SMILES string of the molecule is O=C(C[n+]1ccn(C2CCc3cc4c(cc32)OCC4)c1)c1ccccc1.[Br-]. The Morgan fingerprint density at radius 1 is 1.15 bits per heavy atom. The number of benzene rings is 2. The molecule has 1 aliphatic heterocycles. The Bertz CT molecular complexity index is 981. The number of nitrogens with zero attached hydrogens (tertiary/aromatic N) is 2. The highest BCUT2D eigenvalue weighted by Gasteiger charge is 2.30. The summed E-state index contributed by atoms with van der Waals surface area (Å²) in [5, 5.41) is 0. The highest BCUT2D eigenvalue weighted by atomic mass is 79.9. The van der Waals surface area contributed by atoms with E-state index in [1.165, 1.54) is 16.7 Å². The van der Waals surface area contributed by atoms with Crippen LogP contribution in [-0.2, 0) is 19.4 Å². The fraction of sp³-hybridized carbons (Fsp3) is 0.273. The van der Waals surface area contributed by atoms with Crippen molar-refractivity contribution < 1.29 is 31.1 Å². The van der Waals surface area contributed by atoms with E-state index < -0.39 is 0 Å². The van der Waals surface area contributed by atoms with E-state index in [1.807, 2.05) is 41.1 Å². The topological polar surface area (TPSA) is 35.1 Å². The molecule has 0 N–H and O–H groups in total. The number of hydrogen-bond acceptors (Lipinski definition) is 2. The van der Waals surface area contributed by atoms with Gasteiger partial charge in [0.25, 0.3) is 0 Å². The van der Waals surface area contributed by atoms with Crippen LogP contribution in [0.15, 0.2) is 61.2 Å². The monoisotopic (exact) mass is 424 g/mol. The van der Waals surface area contributed by atoms with E-state index in [-0.39, 0.29) is 22.8 Å². The first-order chi connectivity index (χ1) is 12.8. The molecule has 0 fully saturated rings. The third-order valence-electron chi connectivity index (χ3n) is 5.49. The summed E-state index contributed by atoms with van der Waals surface area (Å²) in [4.78, 5) is 12.4. The Kier molecular flexibility index (Phi) is 4.87. The first-order valence-corrected chi connectivity index (χ1v) is 9.21. The summed E-state index contributed by atoms with van der Waals surface area (Å²) in [6.07, 6.45) is 9.34. The summed E-state index contributed by atoms with van der Waals surface area (Å²) in [5.41, 5.74) is 4.91. The molecule has 2 aromatic carbocycles. The first-order valence-electron chi connectivity index (χ1n) is 9.21. The minimum Gasteiger partial charge on any atom is -1.00 e. The lowest BCUT2D eigenvalue weighted by molar-refractivity contribution is -0.682. The summed E-state index contributed by atoms with van der Waals surface area (Å²) in [6.45, 7) is 1.16. The molecule has 0 bridgehead atoms. The number of aryl methyl sites for hydroxylation is 1. The van der Waals surface area contributed by atoms with E-state index in [1.54, 1.807) is 0 Å². The van der Waals surface area contributed by atoms with Gasteiger partial charge in [0.2, 0.25) is 12.1 Å². The van der Waals surface area contributed by atoms with Gasteiger partial charge in [-0.25, -0.2) is 9.13 Å². The van der Waals surface area contributed by atoms with Gasteiger partial charge in [-0.3, -0.25) is 4.79 Å². The van der Waals surface area contributed by atoms with Gasteiger partial charge in [0.15, 0.2) is 6.54 Å². The number of carbonyl (C=O) groups excluding carboxylic acids is 1. The lowest BCUT2D eigenvalue weighted by atomic mass is 10.0. The molecule has 1 unspecified atom stereocenters. The van der Waals surface area contributed by atoms with Crippen LogP contribution in [0.3, 0.4) is 0 Å². The van der Waals surface area contributed by atoms with Crippen molar-refractivity contribution in [3.63, 3.8) is 0 Å². The maximum absolute atomic E-state index is 12.4. The summed E-state index contributed by atoms with van der Waals surface area (Å²) >= 11 is 0. The van der Waals surface area contributed by atoms with Crippen LogP contribution in [0.25, 0.3) is 0 Å². The second kappa shape index (κ2) is 7.31. The second-order valence-electron chi connectivity index (χ2n) is 7.13. The zero-order valence-corrected chi connectivity index (χ0v) is 16.6. The normalized spacial score (nSPS) is 17.0. The second-order valence-corrected chi connectivity index (χ2v) is 7.13. The Hall–Kier alpha value is -2.40. The number of hydrogen-bond donors (Lipinski definition) is 0. The molecule has 0 saturated carbocycles. The number of Topliss-reactive ketones (excluding diaryl/α,β-unsaturated/α-hetero) is 1. The average molecular weight is 425 g/mol. The van der Waals surface area contributed by atoms with Crippen LogP contribution in [0.2, 0.25) is 0 Å². The van der Waals surface area contributed by atoms with Gasteiger partial charge in [-0.05, 0) is 30.0 Å². The number of fused-ring (bicyclic) bond motifs is 2. The van der Waals surface area contributed by atoms with E-state index in [0.29, 0.717) is 12.6 Å². The molecule has 3 aromatic rings. The third-order valence-corrected chi connectivity index (χ3v) is 5.49. The summed E-state index contributed by atoms with van der Waals surface area (Å²) < 4.78 is 9.95. The number of halogens is 1. The Balaban J connectivity index is 0.00000180. The molecule has 5 heteroatoms. The number of ether oxygens (including phenoxy) is 1. The van der Waals surface area contributed by atoms with Gasteiger partial charge in [-0.2, -0.15) is 0 Å². The van der Waals surface area contributed by atoms with Crippen molar-refractivity contribution >= 4 is 5.78 Å². The van der Waals surface area contributed by atoms with Crippen molar-refractivity contribution in [1.82, 2.24) is 4.57 Å². The molecule has 0 radical (unpaired) electrons. The van der Waals surface area contributed by atoms with E-state index >= 15 is 0 Å².